The third kappa shape index (κ3) is 5.05. The van der Waals surface area contributed by atoms with Gasteiger partial charge in [0.05, 0.1) is 10.0 Å². The van der Waals surface area contributed by atoms with Crippen LogP contribution in [0.5, 0.6) is 0 Å². The van der Waals surface area contributed by atoms with Crippen LogP contribution in [0.2, 0.25) is 0 Å². The molecule has 0 atom stereocenters. The summed E-state index contributed by atoms with van der Waals surface area (Å²) in [5.74, 6) is -1.58. The van der Waals surface area contributed by atoms with Gasteiger partial charge in [0.2, 0.25) is 5.91 Å². The summed E-state index contributed by atoms with van der Waals surface area (Å²) in [5, 5.41) is 31.2. The summed E-state index contributed by atoms with van der Waals surface area (Å²) in [5.41, 5.74) is -1.63. The van der Waals surface area contributed by atoms with E-state index in [4.69, 9.17) is 0 Å². The Morgan fingerprint density at radius 1 is 1.17 bits per heavy atom. The maximum absolute atomic E-state index is 12.6. The number of nitro groups is 2. The van der Waals surface area contributed by atoms with Crippen LogP contribution in [0.4, 0.5) is 24.7 Å². The molecule has 0 radical (unpaired) electrons. The van der Waals surface area contributed by atoms with Gasteiger partial charge >= 0.3 is 17.7 Å². The van der Waals surface area contributed by atoms with Crippen molar-refractivity contribution in [3.8, 4) is 0 Å². The predicted molar refractivity (Wildman–Crippen MR) is 89.9 cm³/mol. The topological polar surface area (TPSA) is 151 Å². The fraction of sp³-hybridized carbons (Fsp3) is 0.500. The highest BCUT2D eigenvalue weighted by molar-refractivity contribution is 5.76. The largest absolute Gasteiger partial charge is 0.468 e. The van der Waals surface area contributed by atoms with Crippen LogP contribution in [0.3, 0.4) is 0 Å². The van der Waals surface area contributed by atoms with E-state index in [9.17, 15) is 38.2 Å². The molecular weight excluding hydrogens is 403 g/mol. The Kier molecular flexibility index (Phi) is 6.18. The minimum atomic E-state index is -4.54. The molecular formula is C14H16F3N7O5. The highest BCUT2D eigenvalue weighted by atomic mass is 19.4. The summed E-state index contributed by atoms with van der Waals surface area (Å²) >= 11 is 0. The number of rotatable bonds is 8. The summed E-state index contributed by atoms with van der Waals surface area (Å²) < 4.78 is 39.9. The average Bonchev–Trinajstić information content (AvgIpc) is 3.12. The van der Waals surface area contributed by atoms with Crippen molar-refractivity contribution in [3.05, 3.63) is 43.4 Å². The van der Waals surface area contributed by atoms with Gasteiger partial charge in [0.25, 0.3) is 0 Å². The fourth-order valence-electron chi connectivity index (χ4n) is 2.54. The van der Waals surface area contributed by atoms with Crippen molar-refractivity contribution >= 4 is 17.4 Å². The molecule has 1 N–H and O–H groups in total. The highest BCUT2D eigenvalue weighted by Gasteiger charge is 2.36. The first-order valence-corrected chi connectivity index (χ1v) is 8.16. The number of nitrogens with one attached hydrogen (secondary N) is 1. The second-order valence-corrected chi connectivity index (χ2v) is 6.02. The minimum Gasteiger partial charge on any atom is -0.358 e. The first kappa shape index (κ1) is 21.8. The van der Waals surface area contributed by atoms with Crippen LogP contribution in [-0.4, -0.2) is 41.9 Å². The van der Waals surface area contributed by atoms with Crippen molar-refractivity contribution in [2.75, 3.05) is 6.54 Å². The van der Waals surface area contributed by atoms with E-state index in [1.165, 1.54) is 18.5 Å². The van der Waals surface area contributed by atoms with Crippen LogP contribution >= 0.6 is 0 Å². The first-order valence-electron chi connectivity index (χ1n) is 8.16. The minimum absolute atomic E-state index is 0.0873. The van der Waals surface area contributed by atoms with Gasteiger partial charge in [0, 0.05) is 18.8 Å². The van der Waals surface area contributed by atoms with E-state index in [-0.39, 0.29) is 25.2 Å². The molecule has 0 saturated heterocycles. The molecule has 2 aromatic heterocycles. The molecule has 0 aliphatic carbocycles. The van der Waals surface area contributed by atoms with Crippen LogP contribution in [0, 0.1) is 34.1 Å². The number of aromatic nitrogens is 4. The molecule has 2 rings (SSSR count). The lowest BCUT2D eigenvalue weighted by molar-refractivity contribution is -0.424. The van der Waals surface area contributed by atoms with Crippen LogP contribution in [-0.2, 0) is 24.1 Å². The second kappa shape index (κ2) is 8.24. The monoisotopic (exact) mass is 419 g/mol. The van der Waals surface area contributed by atoms with Crippen molar-refractivity contribution < 1.29 is 27.8 Å². The van der Waals surface area contributed by atoms with E-state index in [0.29, 0.717) is 5.69 Å². The van der Waals surface area contributed by atoms with Crippen molar-refractivity contribution in [2.45, 2.75) is 39.5 Å². The van der Waals surface area contributed by atoms with Crippen LogP contribution in [0.25, 0.3) is 0 Å². The number of halogens is 3. The molecule has 0 bridgehead atoms. The predicted octanol–water partition coefficient (Wildman–Crippen LogP) is 1.74. The molecule has 0 saturated carbocycles. The number of carbonyl (C=O) groups is 1. The van der Waals surface area contributed by atoms with Gasteiger partial charge < -0.3 is 15.4 Å². The summed E-state index contributed by atoms with van der Waals surface area (Å²) in [6.07, 6.45) is -4.28. The first-order chi connectivity index (χ1) is 13.4. The average molecular weight is 419 g/mol. The quantitative estimate of drug-likeness (QED) is 0.389. The summed E-state index contributed by atoms with van der Waals surface area (Å²) in [7, 11) is 0. The molecule has 0 aromatic carbocycles. The van der Waals surface area contributed by atoms with Gasteiger partial charge in [0.1, 0.15) is 12.2 Å². The molecule has 29 heavy (non-hydrogen) atoms. The number of alkyl halides is 3. The van der Waals surface area contributed by atoms with Gasteiger partial charge in [-0.2, -0.15) is 23.0 Å². The molecule has 2 aromatic rings. The molecule has 0 unspecified atom stereocenters. The van der Waals surface area contributed by atoms with E-state index < -0.39 is 45.7 Å². The van der Waals surface area contributed by atoms with E-state index >= 15 is 0 Å². The van der Waals surface area contributed by atoms with Gasteiger partial charge in [-0.3, -0.25) is 19.6 Å². The van der Waals surface area contributed by atoms with Crippen molar-refractivity contribution in [2.24, 2.45) is 0 Å². The second-order valence-electron chi connectivity index (χ2n) is 6.02. The highest BCUT2D eigenvalue weighted by Crippen LogP contribution is 2.29. The van der Waals surface area contributed by atoms with Gasteiger partial charge in [-0.25, -0.2) is 0 Å². The molecule has 1 amide bonds. The summed E-state index contributed by atoms with van der Waals surface area (Å²) in [4.78, 5) is 31.8. The lowest BCUT2D eigenvalue weighted by Crippen LogP contribution is -2.29. The van der Waals surface area contributed by atoms with Gasteiger partial charge in [0.15, 0.2) is 5.69 Å². The molecule has 2 heterocycles. The number of hydrogen-bond acceptors (Lipinski definition) is 7. The SMILES string of the molecule is Cc1cc(C(F)(F)F)nn1CCCNC(=O)Cn1nc([N+](=O)[O-])c([N+](=O)[O-])c1C. The fourth-order valence-corrected chi connectivity index (χ4v) is 2.54. The van der Waals surface area contributed by atoms with Crippen molar-refractivity contribution in [1.82, 2.24) is 24.9 Å². The standard InChI is InChI=1S/C14H16F3N7O5/c1-8-6-10(14(15,16)17)19-21(8)5-3-4-18-11(25)7-22-9(2)12(23(26)27)13(20-22)24(28)29/h6H,3-5,7H2,1-2H3,(H,18,25). The Hall–Kier alpha value is -3.52. The Morgan fingerprint density at radius 2 is 1.83 bits per heavy atom. The Balaban J connectivity index is 1.92. The smallest absolute Gasteiger partial charge is 0.358 e. The Labute approximate surface area is 160 Å². The molecule has 15 heteroatoms. The van der Waals surface area contributed by atoms with E-state index in [1.54, 1.807) is 0 Å². The molecule has 12 nitrogen and oxygen atoms in total. The third-order valence-electron chi connectivity index (χ3n) is 3.95. The maximum atomic E-state index is 12.6. The Bertz CT molecular complexity index is 950. The molecule has 0 fully saturated rings. The number of nitrogens with zero attached hydrogens (tertiary/aromatic N) is 6. The Morgan fingerprint density at radius 3 is 2.31 bits per heavy atom. The van der Waals surface area contributed by atoms with E-state index in [0.717, 1.165) is 10.7 Å². The molecule has 0 spiro atoms. The van der Waals surface area contributed by atoms with Crippen LogP contribution in [0.1, 0.15) is 23.5 Å². The van der Waals surface area contributed by atoms with Crippen molar-refractivity contribution in [3.63, 3.8) is 0 Å². The van der Waals surface area contributed by atoms with Crippen LogP contribution in [0.15, 0.2) is 6.07 Å². The zero-order valence-electron chi connectivity index (χ0n) is 15.3. The maximum Gasteiger partial charge on any atom is 0.468 e. The number of aryl methyl sites for hydroxylation is 2. The van der Waals surface area contributed by atoms with Gasteiger partial charge in [-0.15, -0.1) is 0 Å². The van der Waals surface area contributed by atoms with E-state index in [1.807, 2.05) is 0 Å². The lowest BCUT2D eigenvalue weighted by Gasteiger charge is -2.06. The van der Waals surface area contributed by atoms with E-state index in [2.05, 4.69) is 15.5 Å². The summed E-state index contributed by atoms with van der Waals surface area (Å²) in [6.45, 7) is 2.43. The van der Waals surface area contributed by atoms with Gasteiger partial charge in [-0.05, 0) is 31.3 Å². The zero-order valence-corrected chi connectivity index (χ0v) is 15.3. The number of carbonyl (C=O) groups excluding carboxylic acids is 1. The number of amides is 1. The lowest BCUT2D eigenvalue weighted by atomic mass is 10.3. The normalized spacial score (nSPS) is 11.5. The molecule has 158 valence electrons. The number of hydrogen-bond donors (Lipinski definition) is 1. The van der Waals surface area contributed by atoms with Crippen LogP contribution < -0.4 is 5.32 Å². The third-order valence-corrected chi connectivity index (χ3v) is 3.95. The van der Waals surface area contributed by atoms with Crippen molar-refractivity contribution in [1.29, 1.82) is 0 Å². The molecule has 0 aliphatic heterocycles. The molecule has 0 aliphatic rings. The zero-order chi connectivity index (χ0) is 21.9. The van der Waals surface area contributed by atoms with Gasteiger partial charge in [-0.1, -0.05) is 0 Å². The summed E-state index contributed by atoms with van der Waals surface area (Å²) in [6, 6.07) is 0.916.